The van der Waals surface area contributed by atoms with E-state index < -0.39 is 10.0 Å². The van der Waals surface area contributed by atoms with Gasteiger partial charge in [0.25, 0.3) is 5.91 Å². The van der Waals surface area contributed by atoms with Crippen molar-refractivity contribution < 1.29 is 17.9 Å². The predicted molar refractivity (Wildman–Crippen MR) is 103 cm³/mol. The highest BCUT2D eigenvalue weighted by molar-refractivity contribution is 7.89. The van der Waals surface area contributed by atoms with Crippen molar-refractivity contribution in [3.63, 3.8) is 0 Å². The molecule has 1 aliphatic rings. The van der Waals surface area contributed by atoms with Gasteiger partial charge >= 0.3 is 0 Å². The average Bonchev–Trinajstić information content (AvgIpc) is 2.61. The van der Waals surface area contributed by atoms with Gasteiger partial charge in [-0.3, -0.25) is 4.79 Å². The summed E-state index contributed by atoms with van der Waals surface area (Å²) in [4.78, 5) is 12.6. The number of ether oxygens (including phenoxy) is 1. The second-order valence-electron chi connectivity index (χ2n) is 6.51. The van der Waals surface area contributed by atoms with E-state index in [1.54, 1.807) is 6.07 Å². The summed E-state index contributed by atoms with van der Waals surface area (Å²) in [5.41, 5.74) is 6.10. The third-order valence-electron chi connectivity index (χ3n) is 4.71. The van der Waals surface area contributed by atoms with Gasteiger partial charge in [0.05, 0.1) is 7.11 Å². The molecular weight excluding hydrogens is 378 g/mol. The highest BCUT2D eigenvalue weighted by Crippen LogP contribution is 2.28. The van der Waals surface area contributed by atoms with Gasteiger partial charge < -0.3 is 15.8 Å². The number of halogens is 1. The van der Waals surface area contributed by atoms with Crippen molar-refractivity contribution in [1.82, 2.24) is 9.62 Å². The Morgan fingerprint density at radius 2 is 1.96 bits per heavy atom. The maximum Gasteiger partial charge on any atom is 0.251 e. The number of carbonyl (C=O) groups is 1. The first-order chi connectivity index (χ1) is 11.8. The van der Waals surface area contributed by atoms with Crippen LogP contribution in [0.3, 0.4) is 0 Å². The molecule has 0 aliphatic heterocycles. The van der Waals surface area contributed by atoms with E-state index in [-0.39, 0.29) is 40.9 Å². The Morgan fingerprint density at radius 3 is 2.54 bits per heavy atom. The number of nitrogens with zero attached hydrogens (tertiary/aromatic N) is 1. The summed E-state index contributed by atoms with van der Waals surface area (Å²) in [7, 11) is 0.564. The molecule has 148 valence electrons. The number of nitrogens with two attached hydrogens (primary N) is 1. The molecule has 1 fully saturated rings. The zero-order valence-corrected chi connectivity index (χ0v) is 17.0. The lowest BCUT2D eigenvalue weighted by Crippen LogP contribution is -2.44. The highest BCUT2D eigenvalue weighted by atomic mass is 35.5. The predicted octanol–water partition coefficient (Wildman–Crippen LogP) is 1.61. The van der Waals surface area contributed by atoms with Crippen LogP contribution < -0.4 is 15.8 Å². The van der Waals surface area contributed by atoms with Gasteiger partial charge in [0.2, 0.25) is 10.0 Å². The standard InChI is InChI=1S/C17H27N3O4S.ClH/c1-20(2)25(22,23)16-10-12(8-9-15(16)24-3)17(21)19-14-7-5-4-6-13(14)11-18;/h8-10,13-14H,4-7,11,18H2,1-3H3,(H,19,21);1H. The van der Waals surface area contributed by atoms with Crippen molar-refractivity contribution in [2.45, 2.75) is 36.6 Å². The molecule has 1 aromatic rings. The molecule has 1 amide bonds. The Kier molecular flexibility index (Phi) is 8.33. The number of amides is 1. The molecule has 3 N–H and O–H groups in total. The van der Waals surface area contributed by atoms with Crippen LogP contribution in [-0.2, 0) is 10.0 Å². The van der Waals surface area contributed by atoms with Crippen molar-refractivity contribution in [3.8, 4) is 5.75 Å². The molecule has 7 nitrogen and oxygen atoms in total. The topological polar surface area (TPSA) is 102 Å². The van der Waals surface area contributed by atoms with Crippen LogP contribution in [0.15, 0.2) is 23.1 Å². The van der Waals surface area contributed by atoms with Gasteiger partial charge in [-0.25, -0.2) is 12.7 Å². The maximum absolute atomic E-state index is 12.6. The zero-order valence-electron chi connectivity index (χ0n) is 15.4. The number of carbonyl (C=O) groups excluding carboxylic acids is 1. The Labute approximate surface area is 161 Å². The highest BCUT2D eigenvalue weighted by Gasteiger charge is 2.27. The SMILES string of the molecule is COc1ccc(C(=O)NC2CCCCC2CN)cc1S(=O)(=O)N(C)C.Cl. The first-order valence-electron chi connectivity index (χ1n) is 8.42. The van der Waals surface area contributed by atoms with Crippen LogP contribution in [0.4, 0.5) is 0 Å². The molecule has 1 aromatic carbocycles. The molecule has 0 saturated heterocycles. The number of hydrogen-bond donors (Lipinski definition) is 2. The lowest BCUT2D eigenvalue weighted by atomic mass is 9.84. The van der Waals surface area contributed by atoms with E-state index in [1.807, 2.05) is 0 Å². The fourth-order valence-electron chi connectivity index (χ4n) is 3.15. The van der Waals surface area contributed by atoms with Crippen molar-refractivity contribution in [3.05, 3.63) is 23.8 Å². The van der Waals surface area contributed by atoms with Gasteiger partial charge in [-0.15, -0.1) is 12.4 Å². The van der Waals surface area contributed by atoms with Crippen molar-refractivity contribution in [1.29, 1.82) is 0 Å². The van der Waals surface area contributed by atoms with E-state index in [1.165, 1.54) is 33.3 Å². The maximum atomic E-state index is 12.6. The van der Waals surface area contributed by atoms with Gasteiger partial charge in [-0.05, 0) is 43.5 Å². The summed E-state index contributed by atoms with van der Waals surface area (Å²) in [6.45, 7) is 0.536. The number of benzene rings is 1. The largest absolute Gasteiger partial charge is 0.495 e. The third-order valence-corrected chi connectivity index (χ3v) is 6.55. The second kappa shape index (κ2) is 9.55. The van der Waals surface area contributed by atoms with Crippen LogP contribution in [0, 0.1) is 5.92 Å². The number of rotatable bonds is 6. The minimum absolute atomic E-state index is 0. The Balaban J connectivity index is 0.00000338. The lowest BCUT2D eigenvalue weighted by Gasteiger charge is -2.31. The average molecular weight is 406 g/mol. The number of nitrogens with one attached hydrogen (secondary N) is 1. The molecule has 0 heterocycles. The normalized spacial score (nSPS) is 20.3. The van der Waals surface area contributed by atoms with Crippen molar-refractivity contribution in [2.75, 3.05) is 27.7 Å². The molecule has 0 radical (unpaired) electrons. The summed E-state index contributed by atoms with van der Waals surface area (Å²) in [6.07, 6.45) is 4.09. The molecule has 1 saturated carbocycles. The monoisotopic (exact) mass is 405 g/mol. The van der Waals surface area contributed by atoms with Crippen LogP contribution in [-0.4, -0.2) is 52.4 Å². The van der Waals surface area contributed by atoms with Gasteiger partial charge in [-0.2, -0.15) is 0 Å². The second-order valence-corrected chi connectivity index (χ2v) is 8.63. The lowest BCUT2D eigenvalue weighted by molar-refractivity contribution is 0.0908. The zero-order chi connectivity index (χ0) is 18.6. The molecule has 26 heavy (non-hydrogen) atoms. The number of methoxy groups -OCH3 is 1. The number of hydrogen-bond acceptors (Lipinski definition) is 5. The Morgan fingerprint density at radius 1 is 1.31 bits per heavy atom. The Bertz CT molecular complexity index is 725. The van der Waals surface area contributed by atoms with E-state index in [4.69, 9.17) is 10.5 Å². The molecule has 2 rings (SSSR count). The molecule has 2 unspecified atom stereocenters. The van der Waals surface area contributed by atoms with Crippen LogP contribution in [0.1, 0.15) is 36.0 Å². The van der Waals surface area contributed by atoms with E-state index in [0.29, 0.717) is 12.1 Å². The summed E-state index contributed by atoms with van der Waals surface area (Å²) in [5, 5.41) is 3.01. The number of sulfonamides is 1. The van der Waals surface area contributed by atoms with Crippen molar-refractivity contribution in [2.24, 2.45) is 11.7 Å². The van der Waals surface area contributed by atoms with Crippen LogP contribution in [0.5, 0.6) is 5.75 Å². The van der Waals surface area contributed by atoms with Gasteiger partial charge in [0.1, 0.15) is 10.6 Å². The third kappa shape index (κ3) is 4.88. The molecule has 0 spiro atoms. The molecule has 1 aliphatic carbocycles. The van der Waals surface area contributed by atoms with Crippen LogP contribution in [0.25, 0.3) is 0 Å². The van der Waals surface area contributed by atoms with Crippen LogP contribution in [0.2, 0.25) is 0 Å². The smallest absolute Gasteiger partial charge is 0.251 e. The fourth-order valence-corrected chi connectivity index (χ4v) is 4.22. The van der Waals surface area contributed by atoms with Gasteiger partial charge in [0.15, 0.2) is 0 Å². The van der Waals surface area contributed by atoms with E-state index in [0.717, 1.165) is 30.0 Å². The van der Waals surface area contributed by atoms with E-state index in [2.05, 4.69) is 5.32 Å². The molecule has 9 heteroatoms. The van der Waals surface area contributed by atoms with Crippen molar-refractivity contribution >= 4 is 28.3 Å². The van der Waals surface area contributed by atoms with Gasteiger partial charge in [0, 0.05) is 25.7 Å². The van der Waals surface area contributed by atoms with Gasteiger partial charge in [-0.1, -0.05) is 12.8 Å². The summed E-state index contributed by atoms with van der Waals surface area (Å²) in [6, 6.07) is 4.47. The van der Waals surface area contributed by atoms with E-state index in [9.17, 15) is 13.2 Å². The molecular formula is C17H28ClN3O4S. The molecule has 0 bridgehead atoms. The summed E-state index contributed by atoms with van der Waals surface area (Å²) in [5.74, 6) is 0.187. The summed E-state index contributed by atoms with van der Waals surface area (Å²) >= 11 is 0. The first kappa shape index (κ1) is 22.7. The first-order valence-corrected chi connectivity index (χ1v) is 9.86. The Hall–Kier alpha value is -1.35. The van der Waals surface area contributed by atoms with E-state index >= 15 is 0 Å². The minimum atomic E-state index is -3.72. The quantitative estimate of drug-likeness (QED) is 0.748. The molecule has 0 aromatic heterocycles. The van der Waals surface area contributed by atoms with Crippen LogP contribution >= 0.6 is 12.4 Å². The summed E-state index contributed by atoms with van der Waals surface area (Å²) < 4.78 is 31.2. The fraction of sp³-hybridized carbons (Fsp3) is 0.588. The minimum Gasteiger partial charge on any atom is -0.495 e. The molecule has 2 atom stereocenters.